The lowest BCUT2D eigenvalue weighted by atomic mass is 9.86. The molecule has 1 atom stereocenters. The predicted octanol–water partition coefficient (Wildman–Crippen LogP) is 4.37. The molecule has 1 rings (SSSR count). The Balaban J connectivity index is 2.75. The first kappa shape index (κ1) is 17.7. The zero-order valence-corrected chi connectivity index (χ0v) is 14.3. The van der Waals surface area contributed by atoms with E-state index in [9.17, 15) is 0 Å². The lowest BCUT2D eigenvalue weighted by Gasteiger charge is -2.45. The van der Waals surface area contributed by atoms with Crippen LogP contribution in [0, 0.1) is 0 Å². The molecular weight excluding hydrogens is 244 g/mol. The van der Waals surface area contributed by atoms with Crippen LogP contribution in [-0.2, 0) is 0 Å². The van der Waals surface area contributed by atoms with Gasteiger partial charge >= 0.3 is 0 Å². The molecule has 0 radical (unpaired) electrons. The van der Waals surface area contributed by atoms with E-state index in [1.54, 1.807) is 0 Å². The topological polar surface area (TPSA) is 15.3 Å². The normalized spacial score (nSPS) is 19.6. The third-order valence-corrected chi connectivity index (χ3v) is 4.91. The minimum Gasteiger partial charge on any atom is -0.312 e. The molecule has 20 heavy (non-hydrogen) atoms. The summed E-state index contributed by atoms with van der Waals surface area (Å²) in [5.41, 5.74) is 1.60. The highest BCUT2D eigenvalue weighted by molar-refractivity contribution is 5.04. The second-order valence-corrected chi connectivity index (χ2v) is 6.87. The Morgan fingerprint density at radius 1 is 1.15 bits per heavy atom. The maximum Gasteiger partial charge on any atom is 0.0309 e. The molecule has 2 heteroatoms. The van der Waals surface area contributed by atoms with Crippen molar-refractivity contribution >= 4 is 0 Å². The van der Waals surface area contributed by atoms with Gasteiger partial charge in [0.25, 0.3) is 0 Å². The van der Waals surface area contributed by atoms with E-state index in [4.69, 9.17) is 0 Å². The van der Waals surface area contributed by atoms with Crippen molar-refractivity contribution < 1.29 is 0 Å². The molecule has 0 saturated carbocycles. The van der Waals surface area contributed by atoms with Gasteiger partial charge in [0.1, 0.15) is 0 Å². The molecule has 0 aromatic carbocycles. The van der Waals surface area contributed by atoms with E-state index < -0.39 is 0 Å². The summed E-state index contributed by atoms with van der Waals surface area (Å²) >= 11 is 0. The molecule has 0 bridgehead atoms. The molecule has 118 valence electrons. The summed E-state index contributed by atoms with van der Waals surface area (Å²) in [6, 6.07) is 0.521. The molecule has 1 N–H and O–H groups in total. The number of likely N-dealkylation sites (tertiary alicyclic amines) is 1. The quantitative estimate of drug-likeness (QED) is 0.664. The van der Waals surface area contributed by atoms with Crippen molar-refractivity contribution in [1.82, 2.24) is 10.2 Å². The molecule has 1 unspecified atom stereocenters. The lowest BCUT2D eigenvalue weighted by Crippen LogP contribution is -2.58. The minimum atomic E-state index is 0.220. The Bertz CT molecular complexity index is 275. The van der Waals surface area contributed by atoms with Crippen molar-refractivity contribution in [2.24, 2.45) is 0 Å². The molecular formula is C18H36N2. The van der Waals surface area contributed by atoms with E-state index in [0.29, 0.717) is 6.04 Å². The maximum atomic E-state index is 4.24. The van der Waals surface area contributed by atoms with Crippen LogP contribution in [0.25, 0.3) is 0 Å². The Hall–Kier alpha value is -0.340. The molecule has 1 heterocycles. The molecule has 0 aromatic rings. The predicted molar refractivity (Wildman–Crippen MR) is 90.2 cm³/mol. The Labute approximate surface area is 127 Å². The number of nitrogens with one attached hydrogen (secondary N) is 1. The maximum absolute atomic E-state index is 4.24. The molecule has 0 spiro atoms. The molecule has 0 aromatic heterocycles. The fraction of sp³-hybridized carbons (Fsp3) is 0.889. The van der Waals surface area contributed by atoms with E-state index in [1.807, 2.05) is 0 Å². The number of hydrogen-bond acceptors (Lipinski definition) is 2. The van der Waals surface area contributed by atoms with E-state index in [1.165, 1.54) is 50.8 Å². The van der Waals surface area contributed by atoms with Crippen LogP contribution in [0.15, 0.2) is 12.2 Å². The second-order valence-electron chi connectivity index (χ2n) is 6.87. The van der Waals surface area contributed by atoms with Gasteiger partial charge in [0.05, 0.1) is 0 Å². The smallest absolute Gasteiger partial charge is 0.0309 e. The molecule has 2 nitrogen and oxygen atoms in total. The van der Waals surface area contributed by atoms with Gasteiger partial charge in [0.15, 0.2) is 0 Å². The minimum absolute atomic E-state index is 0.220. The Morgan fingerprint density at radius 3 is 2.25 bits per heavy atom. The summed E-state index contributed by atoms with van der Waals surface area (Å²) in [4.78, 5) is 2.72. The first-order chi connectivity index (χ1) is 9.52. The molecule has 0 aliphatic carbocycles. The molecule has 0 amide bonds. The fourth-order valence-electron chi connectivity index (χ4n) is 3.19. The zero-order chi connectivity index (χ0) is 15.0. The zero-order valence-electron chi connectivity index (χ0n) is 14.3. The van der Waals surface area contributed by atoms with E-state index in [2.05, 4.69) is 44.5 Å². The van der Waals surface area contributed by atoms with Crippen LogP contribution in [0.5, 0.6) is 0 Å². The highest BCUT2D eigenvalue weighted by Crippen LogP contribution is 2.27. The van der Waals surface area contributed by atoms with Crippen LogP contribution in [0.2, 0.25) is 0 Å². The standard InChI is InChI=1S/C18H36N2/c1-6-12-19-17(15-16(3)7-2)18(4,5)20-13-10-8-9-11-14-20/h17,19H,3,6-15H2,1-2,4-5H3. The van der Waals surface area contributed by atoms with Crippen molar-refractivity contribution in [3.05, 3.63) is 12.2 Å². The summed E-state index contributed by atoms with van der Waals surface area (Å²) in [5, 5.41) is 3.79. The SMILES string of the molecule is C=C(CC)CC(NCCC)C(C)(C)N1CCCCCC1. The van der Waals surface area contributed by atoms with Crippen molar-refractivity contribution in [3.8, 4) is 0 Å². The van der Waals surface area contributed by atoms with Gasteiger partial charge in [0, 0.05) is 11.6 Å². The summed E-state index contributed by atoms with van der Waals surface area (Å²) < 4.78 is 0. The van der Waals surface area contributed by atoms with Gasteiger partial charge in [0.2, 0.25) is 0 Å². The van der Waals surface area contributed by atoms with Crippen LogP contribution >= 0.6 is 0 Å². The summed E-state index contributed by atoms with van der Waals surface area (Å²) in [5.74, 6) is 0. The first-order valence-electron chi connectivity index (χ1n) is 8.67. The average Bonchev–Trinajstić information content (AvgIpc) is 2.72. The fourth-order valence-corrected chi connectivity index (χ4v) is 3.19. The van der Waals surface area contributed by atoms with E-state index in [0.717, 1.165) is 19.4 Å². The van der Waals surface area contributed by atoms with Crippen LogP contribution in [-0.4, -0.2) is 36.1 Å². The van der Waals surface area contributed by atoms with E-state index in [-0.39, 0.29) is 5.54 Å². The van der Waals surface area contributed by atoms with Gasteiger partial charge in [-0.25, -0.2) is 0 Å². The average molecular weight is 280 g/mol. The Morgan fingerprint density at radius 2 is 1.75 bits per heavy atom. The molecule has 1 saturated heterocycles. The third kappa shape index (κ3) is 5.21. The molecule has 1 aliphatic rings. The van der Waals surface area contributed by atoms with Crippen LogP contribution in [0.4, 0.5) is 0 Å². The summed E-state index contributed by atoms with van der Waals surface area (Å²) in [6.07, 6.45) is 8.94. The molecule has 1 fully saturated rings. The lowest BCUT2D eigenvalue weighted by molar-refractivity contribution is 0.0832. The summed E-state index contributed by atoms with van der Waals surface area (Å²) in [7, 11) is 0. The van der Waals surface area contributed by atoms with Crippen LogP contribution in [0.1, 0.15) is 72.6 Å². The molecule has 1 aliphatic heterocycles. The van der Waals surface area contributed by atoms with Gasteiger partial charge in [-0.1, -0.05) is 38.8 Å². The monoisotopic (exact) mass is 280 g/mol. The number of hydrogen-bond donors (Lipinski definition) is 1. The van der Waals surface area contributed by atoms with Gasteiger partial charge in [-0.3, -0.25) is 4.90 Å². The summed E-state index contributed by atoms with van der Waals surface area (Å²) in [6.45, 7) is 17.2. The van der Waals surface area contributed by atoms with Crippen molar-refractivity contribution in [2.45, 2.75) is 84.2 Å². The van der Waals surface area contributed by atoms with Crippen LogP contribution in [0.3, 0.4) is 0 Å². The Kier molecular flexibility index (Phi) is 7.83. The van der Waals surface area contributed by atoms with Crippen molar-refractivity contribution in [3.63, 3.8) is 0 Å². The first-order valence-corrected chi connectivity index (χ1v) is 8.67. The largest absolute Gasteiger partial charge is 0.312 e. The highest BCUT2D eigenvalue weighted by Gasteiger charge is 2.35. The van der Waals surface area contributed by atoms with Gasteiger partial charge in [-0.05, 0) is 65.6 Å². The van der Waals surface area contributed by atoms with Gasteiger partial charge < -0.3 is 5.32 Å². The van der Waals surface area contributed by atoms with E-state index >= 15 is 0 Å². The number of nitrogens with zero attached hydrogens (tertiary/aromatic N) is 1. The van der Waals surface area contributed by atoms with Crippen molar-refractivity contribution in [2.75, 3.05) is 19.6 Å². The second kappa shape index (κ2) is 8.84. The van der Waals surface area contributed by atoms with Crippen molar-refractivity contribution in [1.29, 1.82) is 0 Å². The number of rotatable bonds is 8. The highest BCUT2D eigenvalue weighted by atomic mass is 15.2. The third-order valence-electron chi connectivity index (χ3n) is 4.91. The van der Waals surface area contributed by atoms with Crippen LogP contribution < -0.4 is 5.32 Å². The van der Waals surface area contributed by atoms with Gasteiger partial charge in [-0.15, -0.1) is 0 Å². The van der Waals surface area contributed by atoms with Gasteiger partial charge in [-0.2, -0.15) is 0 Å².